The van der Waals surface area contributed by atoms with Gasteiger partial charge in [0.25, 0.3) is 5.91 Å². The molecule has 0 aliphatic heterocycles. The Morgan fingerprint density at radius 3 is 2.42 bits per heavy atom. The molecule has 0 bridgehead atoms. The third kappa shape index (κ3) is 6.25. The van der Waals surface area contributed by atoms with Gasteiger partial charge in [-0.15, -0.1) is 0 Å². The van der Waals surface area contributed by atoms with Crippen molar-refractivity contribution in [3.05, 3.63) is 29.8 Å². The van der Waals surface area contributed by atoms with Gasteiger partial charge in [-0.2, -0.15) is 0 Å². The molecule has 0 spiro atoms. The van der Waals surface area contributed by atoms with E-state index < -0.39 is 0 Å². The van der Waals surface area contributed by atoms with Crippen LogP contribution in [0.1, 0.15) is 30.1 Å². The van der Waals surface area contributed by atoms with E-state index in [4.69, 9.17) is 0 Å². The highest BCUT2D eigenvalue weighted by Crippen LogP contribution is 2.09. The highest BCUT2D eigenvalue weighted by molar-refractivity contribution is 5.94. The second kappa shape index (κ2) is 8.53. The summed E-state index contributed by atoms with van der Waals surface area (Å²) in [6.07, 6.45) is 2.34. The minimum atomic E-state index is 0.00126. The molecule has 0 atom stereocenters. The summed E-state index contributed by atoms with van der Waals surface area (Å²) in [4.78, 5) is 13.2. The summed E-state index contributed by atoms with van der Waals surface area (Å²) < 4.78 is 0. The average Bonchev–Trinajstić information content (AvgIpc) is 2.39. The van der Waals surface area contributed by atoms with Gasteiger partial charge < -0.3 is 15.5 Å². The van der Waals surface area contributed by atoms with Crippen molar-refractivity contribution in [2.75, 3.05) is 39.0 Å². The van der Waals surface area contributed by atoms with Crippen LogP contribution in [0.25, 0.3) is 0 Å². The van der Waals surface area contributed by atoms with E-state index >= 15 is 0 Å². The SMILES string of the molecule is CCCCNc1ccc(C(=O)NCC[NH+](C)C)cc1. The third-order valence-electron chi connectivity index (χ3n) is 2.92. The van der Waals surface area contributed by atoms with Crippen molar-refractivity contribution >= 4 is 11.6 Å². The predicted molar refractivity (Wildman–Crippen MR) is 79.9 cm³/mol. The Morgan fingerprint density at radius 2 is 1.84 bits per heavy atom. The lowest BCUT2D eigenvalue weighted by Gasteiger charge is -2.09. The first-order valence-electron chi connectivity index (χ1n) is 7.04. The maximum absolute atomic E-state index is 11.9. The zero-order chi connectivity index (χ0) is 14.1. The summed E-state index contributed by atoms with van der Waals surface area (Å²) in [7, 11) is 4.14. The summed E-state index contributed by atoms with van der Waals surface area (Å²) in [5, 5.41) is 6.26. The second-order valence-electron chi connectivity index (χ2n) is 5.07. The number of benzene rings is 1. The van der Waals surface area contributed by atoms with Gasteiger partial charge in [-0.3, -0.25) is 4.79 Å². The molecule has 1 aromatic carbocycles. The largest absolute Gasteiger partial charge is 0.385 e. The lowest BCUT2D eigenvalue weighted by molar-refractivity contribution is -0.856. The number of carbonyl (C=O) groups is 1. The summed E-state index contributed by atoms with van der Waals surface area (Å²) in [6.45, 7) is 4.79. The molecule has 4 nitrogen and oxygen atoms in total. The Labute approximate surface area is 116 Å². The van der Waals surface area contributed by atoms with Crippen LogP contribution in [-0.2, 0) is 0 Å². The van der Waals surface area contributed by atoms with Crippen molar-refractivity contribution in [2.45, 2.75) is 19.8 Å². The first kappa shape index (κ1) is 15.5. The Balaban J connectivity index is 2.39. The van der Waals surface area contributed by atoms with Crippen LogP contribution < -0.4 is 15.5 Å². The average molecular weight is 264 g/mol. The molecule has 0 aliphatic carbocycles. The number of anilines is 1. The maximum atomic E-state index is 11.9. The van der Waals surface area contributed by atoms with Crippen LogP contribution >= 0.6 is 0 Å². The Morgan fingerprint density at radius 1 is 1.16 bits per heavy atom. The Bertz CT molecular complexity index is 373. The van der Waals surface area contributed by atoms with Crippen molar-refractivity contribution in [1.82, 2.24) is 5.32 Å². The van der Waals surface area contributed by atoms with Crippen molar-refractivity contribution in [3.63, 3.8) is 0 Å². The molecule has 0 aromatic heterocycles. The van der Waals surface area contributed by atoms with Crippen LogP contribution in [-0.4, -0.2) is 39.6 Å². The van der Waals surface area contributed by atoms with E-state index in [1.54, 1.807) is 0 Å². The fourth-order valence-corrected chi connectivity index (χ4v) is 1.68. The van der Waals surface area contributed by atoms with Crippen LogP contribution in [0.15, 0.2) is 24.3 Å². The van der Waals surface area contributed by atoms with Crippen molar-refractivity contribution < 1.29 is 9.69 Å². The Hall–Kier alpha value is -1.55. The van der Waals surface area contributed by atoms with E-state index in [0.717, 1.165) is 30.8 Å². The van der Waals surface area contributed by atoms with Crippen LogP contribution in [0.3, 0.4) is 0 Å². The number of unbranched alkanes of at least 4 members (excludes halogenated alkanes) is 1. The van der Waals surface area contributed by atoms with Gasteiger partial charge in [0.05, 0.1) is 27.2 Å². The molecule has 106 valence electrons. The van der Waals surface area contributed by atoms with E-state index in [0.29, 0.717) is 6.54 Å². The van der Waals surface area contributed by atoms with Crippen LogP contribution in [0, 0.1) is 0 Å². The first-order valence-corrected chi connectivity index (χ1v) is 7.04. The number of amides is 1. The molecule has 0 radical (unpaired) electrons. The minimum absolute atomic E-state index is 0.00126. The lowest BCUT2D eigenvalue weighted by Crippen LogP contribution is -3.06. The summed E-state index contributed by atoms with van der Waals surface area (Å²) in [6, 6.07) is 7.65. The molecule has 0 saturated carbocycles. The maximum Gasteiger partial charge on any atom is 0.251 e. The molecule has 1 amide bonds. The van der Waals surface area contributed by atoms with Crippen LogP contribution in [0.5, 0.6) is 0 Å². The quantitative estimate of drug-likeness (QED) is 0.607. The molecule has 0 saturated heterocycles. The van der Waals surface area contributed by atoms with Gasteiger partial charge >= 0.3 is 0 Å². The van der Waals surface area contributed by atoms with E-state index in [1.165, 1.54) is 11.3 Å². The number of hydrogen-bond acceptors (Lipinski definition) is 2. The number of hydrogen-bond donors (Lipinski definition) is 3. The zero-order valence-corrected chi connectivity index (χ0v) is 12.3. The normalized spacial score (nSPS) is 10.5. The number of nitrogens with one attached hydrogen (secondary N) is 3. The van der Waals surface area contributed by atoms with E-state index in [1.807, 2.05) is 24.3 Å². The molecule has 0 unspecified atom stereocenters. The monoisotopic (exact) mass is 264 g/mol. The number of carbonyl (C=O) groups excluding carboxylic acids is 1. The molecule has 1 rings (SSSR count). The van der Waals surface area contributed by atoms with Gasteiger partial charge in [-0.1, -0.05) is 13.3 Å². The molecule has 1 aromatic rings. The second-order valence-corrected chi connectivity index (χ2v) is 5.07. The van der Waals surface area contributed by atoms with Gasteiger partial charge in [0, 0.05) is 17.8 Å². The standard InChI is InChI=1S/C15H25N3O/c1-4-5-10-16-14-8-6-13(7-9-14)15(19)17-11-12-18(2)3/h6-9,16H,4-5,10-12H2,1-3H3,(H,17,19)/p+1. The van der Waals surface area contributed by atoms with Crippen LogP contribution in [0.4, 0.5) is 5.69 Å². The topological polar surface area (TPSA) is 45.6 Å². The van der Waals surface area contributed by atoms with Crippen LogP contribution in [0.2, 0.25) is 0 Å². The summed E-state index contributed by atoms with van der Waals surface area (Å²) in [5.41, 5.74) is 1.79. The first-order chi connectivity index (χ1) is 9.13. The number of likely N-dealkylation sites (N-methyl/N-ethyl adjacent to an activating group) is 1. The highest BCUT2D eigenvalue weighted by atomic mass is 16.1. The van der Waals surface area contributed by atoms with Gasteiger partial charge in [0.2, 0.25) is 0 Å². The molecule has 0 aliphatic rings. The van der Waals surface area contributed by atoms with E-state index in [-0.39, 0.29) is 5.91 Å². The van der Waals surface area contributed by atoms with E-state index in [2.05, 4.69) is 31.7 Å². The smallest absolute Gasteiger partial charge is 0.251 e. The van der Waals surface area contributed by atoms with Crippen molar-refractivity contribution in [2.24, 2.45) is 0 Å². The molecule has 3 N–H and O–H groups in total. The van der Waals surface area contributed by atoms with Gasteiger partial charge in [-0.05, 0) is 30.7 Å². The minimum Gasteiger partial charge on any atom is -0.385 e. The molecule has 19 heavy (non-hydrogen) atoms. The summed E-state index contributed by atoms with van der Waals surface area (Å²) in [5.74, 6) is 0.00126. The number of quaternary nitrogens is 1. The fraction of sp³-hybridized carbons (Fsp3) is 0.533. The molecular weight excluding hydrogens is 238 g/mol. The fourth-order valence-electron chi connectivity index (χ4n) is 1.68. The van der Waals surface area contributed by atoms with Gasteiger partial charge in [0.15, 0.2) is 0 Å². The molecule has 0 fully saturated rings. The van der Waals surface area contributed by atoms with E-state index in [9.17, 15) is 4.79 Å². The lowest BCUT2D eigenvalue weighted by atomic mass is 10.2. The van der Waals surface area contributed by atoms with Gasteiger partial charge in [0.1, 0.15) is 0 Å². The third-order valence-corrected chi connectivity index (χ3v) is 2.92. The molecule has 0 heterocycles. The molecular formula is C15H26N3O+. The Kier molecular flexibility index (Phi) is 6.97. The number of rotatable bonds is 8. The predicted octanol–water partition coefficient (Wildman–Crippen LogP) is 0.773. The van der Waals surface area contributed by atoms with Crippen molar-refractivity contribution in [3.8, 4) is 0 Å². The summed E-state index contributed by atoms with van der Waals surface area (Å²) >= 11 is 0. The van der Waals surface area contributed by atoms with Gasteiger partial charge in [-0.25, -0.2) is 0 Å². The molecule has 4 heteroatoms. The zero-order valence-electron chi connectivity index (χ0n) is 12.3. The highest BCUT2D eigenvalue weighted by Gasteiger charge is 2.05. The van der Waals surface area contributed by atoms with Crippen molar-refractivity contribution in [1.29, 1.82) is 0 Å².